The number of hydrogen-bond donors (Lipinski definition) is 1. The summed E-state index contributed by atoms with van der Waals surface area (Å²) >= 11 is 0. The predicted molar refractivity (Wildman–Crippen MR) is 53.3 cm³/mol. The standard InChI is InChI=1S/C10H16N2O2/c1-7-5-14-10(11-7)12-9-4-3-8(9)6-13-2/h5,8-9H,3-4,6H2,1-2H3,(H,11,12)/t8-,9+/m1/s1. The molecular formula is C10H16N2O2. The van der Waals surface area contributed by atoms with Crippen molar-refractivity contribution in [3.63, 3.8) is 0 Å². The minimum Gasteiger partial charge on any atom is -0.432 e. The van der Waals surface area contributed by atoms with Gasteiger partial charge in [-0.05, 0) is 19.8 Å². The fraction of sp³-hybridized carbons (Fsp3) is 0.700. The highest BCUT2D eigenvalue weighted by Gasteiger charge is 2.31. The molecule has 1 aromatic heterocycles. The number of hydrogen-bond acceptors (Lipinski definition) is 4. The first-order valence-corrected chi connectivity index (χ1v) is 4.97. The van der Waals surface area contributed by atoms with Crippen molar-refractivity contribution in [2.45, 2.75) is 25.8 Å². The van der Waals surface area contributed by atoms with Gasteiger partial charge in [0.2, 0.25) is 0 Å². The van der Waals surface area contributed by atoms with Gasteiger partial charge in [-0.1, -0.05) is 0 Å². The van der Waals surface area contributed by atoms with Gasteiger partial charge in [-0.3, -0.25) is 0 Å². The average molecular weight is 196 g/mol. The number of anilines is 1. The van der Waals surface area contributed by atoms with E-state index >= 15 is 0 Å². The Morgan fingerprint density at radius 3 is 3.00 bits per heavy atom. The predicted octanol–water partition coefficient (Wildman–Crippen LogP) is 1.82. The molecule has 1 fully saturated rings. The van der Waals surface area contributed by atoms with E-state index in [1.807, 2.05) is 6.92 Å². The van der Waals surface area contributed by atoms with Gasteiger partial charge in [0.25, 0.3) is 6.01 Å². The highest BCUT2D eigenvalue weighted by molar-refractivity contribution is 5.24. The van der Waals surface area contributed by atoms with E-state index in [4.69, 9.17) is 9.15 Å². The summed E-state index contributed by atoms with van der Waals surface area (Å²) in [7, 11) is 1.74. The summed E-state index contributed by atoms with van der Waals surface area (Å²) in [6.45, 7) is 2.74. The molecular weight excluding hydrogens is 180 g/mol. The van der Waals surface area contributed by atoms with Gasteiger partial charge in [-0.25, -0.2) is 0 Å². The van der Waals surface area contributed by atoms with Gasteiger partial charge in [-0.15, -0.1) is 0 Å². The normalized spacial score (nSPS) is 25.9. The Labute approximate surface area is 83.7 Å². The lowest BCUT2D eigenvalue weighted by Gasteiger charge is -2.36. The van der Waals surface area contributed by atoms with Crippen molar-refractivity contribution in [2.75, 3.05) is 19.0 Å². The molecule has 0 saturated heterocycles. The molecule has 0 radical (unpaired) electrons. The highest BCUT2D eigenvalue weighted by Crippen LogP contribution is 2.30. The van der Waals surface area contributed by atoms with E-state index in [1.165, 1.54) is 12.8 Å². The Bertz CT molecular complexity index is 298. The number of methoxy groups -OCH3 is 1. The van der Waals surface area contributed by atoms with Crippen LogP contribution in [0.2, 0.25) is 0 Å². The maximum absolute atomic E-state index is 5.23. The largest absolute Gasteiger partial charge is 0.432 e. The SMILES string of the molecule is COC[C@H]1CC[C@@H]1Nc1nc(C)co1. The zero-order chi connectivity index (χ0) is 9.97. The fourth-order valence-electron chi connectivity index (χ4n) is 1.75. The van der Waals surface area contributed by atoms with E-state index < -0.39 is 0 Å². The van der Waals surface area contributed by atoms with Crippen LogP contribution in [0.5, 0.6) is 0 Å². The first-order chi connectivity index (χ1) is 6.79. The summed E-state index contributed by atoms with van der Waals surface area (Å²) in [6, 6.07) is 1.10. The van der Waals surface area contributed by atoms with Gasteiger partial charge in [0.15, 0.2) is 0 Å². The average Bonchev–Trinajstić information content (AvgIpc) is 2.55. The van der Waals surface area contributed by atoms with Crippen molar-refractivity contribution in [3.05, 3.63) is 12.0 Å². The minimum atomic E-state index is 0.466. The summed E-state index contributed by atoms with van der Waals surface area (Å²) in [5.41, 5.74) is 0.912. The lowest BCUT2D eigenvalue weighted by atomic mass is 9.80. The molecule has 2 atom stereocenters. The zero-order valence-electron chi connectivity index (χ0n) is 8.62. The molecule has 1 aliphatic carbocycles. The van der Waals surface area contributed by atoms with Gasteiger partial charge >= 0.3 is 0 Å². The number of aromatic nitrogens is 1. The number of ether oxygens (including phenoxy) is 1. The van der Waals surface area contributed by atoms with Gasteiger partial charge in [0.1, 0.15) is 6.26 Å². The van der Waals surface area contributed by atoms with Crippen LogP contribution in [-0.2, 0) is 4.74 Å². The third kappa shape index (κ3) is 1.90. The summed E-state index contributed by atoms with van der Waals surface area (Å²) in [5.74, 6) is 0.604. The molecule has 0 amide bonds. The molecule has 1 aromatic rings. The molecule has 78 valence electrons. The Hall–Kier alpha value is -1.03. The van der Waals surface area contributed by atoms with Crippen LogP contribution in [0.1, 0.15) is 18.5 Å². The number of nitrogens with zero attached hydrogens (tertiary/aromatic N) is 1. The zero-order valence-corrected chi connectivity index (χ0v) is 8.62. The second kappa shape index (κ2) is 4.00. The Morgan fingerprint density at radius 1 is 1.64 bits per heavy atom. The van der Waals surface area contributed by atoms with E-state index in [0.717, 1.165) is 12.3 Å². The molecule has 2 rings (SSSR count). The minimum absolute atomic E-state index is 0.466. The van der Waals surface area contributed by atoms with Crippen molar-refractivity contribution in [1.29, 1.82) is 0 Å². The Balaban J connectivity index is 1.86. The number of nitrogens with one attached hydrogen (secondary N) is 1. The maximum Gasteiger partial charge on any atom is 0.294 e. The van der Waals surface area contributed by atoms with Crippen LogP contribution >= 0.6 is 0 Å². The molecule has 4 heteroatoms. The molecule has 14 heavy (non-hydrogen) atoms. The molecule has 0 aromatic carbocycles. The summed E-state index contributed by atoms with van der Waals surface area (Å²) in [4.78, 5) is 4.21. The van der Waals surface area contributed by atoms with Crippen molar-refractivity contribution < 1.29 is 9.15 Å². The van der Waals surface area contributed by atoms with E-state index in [2.05, 4.69) is 10.3 Å². The van der Waals surface area contributed by atoms with Gasteiger partial charge < -0.3 is 14.5 Å². The van der Waals surface area contributed by atoms with E-state index in [-0.39, 0.29) is 0 Å². The van der Waals surface area contributed by atoms with Gasteiger partial charge in [0, 0.05) is 19.1 Å². The van der Waals surface area contributed by atoms with Gasteiger partial charge in [0.05, 0.1) is 12.3 Å². The first-order valence-electron chi connectivity index (χ1n) is 4.97. The van der Waals surface area contributed by atoms with Crippen LogP contribution in [0.15, 0.2) is 10.7 Å². The molecule has 1 saturated carbocycles. The van der Waals surface area contributed by atoms with E-state index in [0.29, 0.717) is 18.0 Å². The topological polar surface area (TPSA) is 47.3 Å². The molecule has 1 aliphatic rings. The Morgan fingerprint density at radius 2 is 2.50 bits per heavy atom. The van der Waals surface area contributed by atoms with Crippen molar-refractivity contribution in [2.24, 2.45) is 5.92 Å². The lowest BCUT2D eigenvalue weighted by molar-refractivity contribution is 0.100. The summed E-state index contributed by atoms with van der Waals surface area (Å²) in [6.07, 6.45) is 4.06. The molecule has 0 aliphatic heterocycles. The quantitative estimate of drug-likeness (QED) is 0.798. The van der Waals surface area contributed by atoms with Gasteiger partial charge in [-0.2, -0.15) is 4.98 Å². The smallest absolute Gasteiger partial charge is 0.294 e. The summed E-state index contributed by atoms with van der Waals surface area (Å²) in [5, 5.41) is 3.28. The molecule has 4 nitrogen and oxygen atoms in total. The molecule has 0 spiro atoms. The van der Waals surface area contributed by atoms with Crippen molar-refractivity contribution in [3.8, 4) is 0 Å². The van der Waals surface area contributed by atoms with Crippen molar-refractivity contribution >= 4 is 6.01 Å². The lowest BCUT2D eigenvalue weighted by Crippen LogP contribution is -2.40. The second-order valence-electron chi connectivity index (χ2n) is 3.84. The Kier molecular flexibility index (Phi) is 2.72. The molecule has 0 bridgehead atoms. The third-order valence-corrected chi connectivity index (χ3v) is 2.73. The molecule has 0 unspecified atom stereocenters. The summed E-state index contributed by atoms with van der Waals surface area (Å²) < 4.78 is 10.4. The fourth-order valence-corrected chi connectivity index (χ4v) is 1.75. The number of aryl methyl sites for hydroxylation is 1. The van der Waals surface area contributed by atoms with Crippen LogP contribution in [0.3, 0.4) is 0 Å². The van der Waals surface area contributed by atoms with Crippen LogP contribution in [0.4, 0.5) is 6.01 Å². The van der Waals surface area contributed by atoms with Crippen LogP contribution < -0.4 is 5.32 Å². The van der Waals surface area contributed by atoms with Crippen molar-refractivity contribution in [1.82, 2.24) is 4.98 Å². The molecule has 1 N–H and O–H groups in total. The third-order valence-electron chi connectivity index (χ3n) is 2.73. The number of oxazole rings is 1. The van der Waals surface area contributed by atoms with Crippen LogP contribution in [-0.4, -0.2) is 24.7 Å². The maximum atomic E-state index is 5.23. The van der Waals surface area contributed by atoms with E-state index in [1.54, 1.807) is 13.4 Å². The highest BCUT2D eigenvalue weighted by atomic mass is 16.5. The number of rotatable bonds is 4. The first kappa shape index (κ1) is 9.52. The second-order valence-corrected chi connectivity index (χ2v) is 3.84. The van der Waals surface area contributed by atoms with Crippen LogP contribution in [0, 0.1) is 12.8 Å². The molecule has 1 heterocycles. The monoisotopic (exact) mass is 196 g/mol. The van der Waals surface area contributed by atoms with Crippen LogP contribution in [0.25, 0.3) is 0 Å². The van der Waals surface area contributed by atoms with E-state index in [9.17, 15) is 0 Å².